The molecule has 0 aliphatic rings. The van der Waals surface area contributed by atoms with Crippen molar-refractivity contribution in [1.82, 2.24) is 0 Å². The van der Waals surface area contributed by atoms with Gasteiger partial charge in [0.15, 0.2) is 0 Å². The summed E-state index contributed by atoms with van der Waals surface area (Å²) in [7, 11) is 0. The Balaban J connectivity index is 3.44. The summed E-state index contributed by atoms with van der Waals surface area (Å²) in [6, 6.07) is 3.87. The number of rotatable bonds is 4. The van der Waals surface area contributed by atoms with E-state index >= 15 is 0 Å². The van der Waals surface area contributed by atoms with E-state index in [1.54, 1.807) is 6.07 Å². The molecule has 0 N–H and O–H groups in total. The number of hydrogen-bond donors (Lipinski definition) is 0. The molecule has 0 aliphatic carbocycles. The van der Waals surface area contributed by atoms with E-state index in [-0.39, 0.29) is 23.1 Å². The number of carbonyl (C=O) groups is 1. The monoisotopic (exact) mass is 351 g/mol. The third-order valence-corrected chi connectivity index (χ3v) is 2.79. The second-order valence-corrected chi connectivity index (χ2v) is 4.04. The Morgan fingerprint density at radius 1 is 1.45 bits per heavy atom. The Kier molecular flexibility index (Phi) is 5.39. The van der Waals surface area contributed by atoms with Crippen LogP contribution in [0.15, 0.2) is 12.1 Å². The molecule has 0 spiro atoms. The largest absolute Gasteiger partial charge is 0.573 e. The van der Waals surface area contributed by atoms with Crippen LogP contribution in [0.3, 0.4) is 0 Å². The van der Waals surface area contributed by atoms with Crippen LogP contribution in [0, 0.1) is 11.3 Å². The molecule has 0 heterocycles. The zero-order valence-electron chi connectivity index (χ0n) is 10.3. The highest BCUT2D eigenvalue weighted by Crippen LogP contribution is 2.32. The summed E-state index contributed by atoms with van der Waals surface area (Å²) in [5.41, 5.74) is -0.243. The lowest BCUT2D eigenvalue weighted by Gasteiger charge is -2.15. The topological polar surface area (TPSA) is 59.3 Å². The molecule has 0 atom stereocenters. The standard InChI is InChI=1S/C12H9BrF3NO3/c1-2-19-11(18)10-8(5-13)7(6-17)3-4-9(10)20-12(14,15)16/h3-4H,2,5H2,1H3. The maximum absolute atomic E-state index is 12.3. The van der Waals surface area contributed by atoms with Gasteiger partial charge in [-0.25, -0.2) is 4.79 Å². The average Bonchev–Trinajstić information content (AvgIpc) is 2.36. The number of halogens is 4. The Morgan fingerprint density at radius 3 is 2.55 bits per heavy atom. The van der Waals surface area contributed by atoms with Crippen LogP contribution in [0.25, 0.3) is 0 Å². The molecule has 0 saturated carbocycles. The van der Waals surface area contributed by atoms with Crippen LogP contribution in [-0.2, 0) is 10.1 Å². The van der Waals surface area contributed by atoms with E-state index in [0.29, 0.717) is 0 Å². The fourth-order valence-electron chi connectivity index (χ4n) is 1.51. The fraction of sp³-hybridized carbons (Fsp3) is 0.333. The van der Waals surface area contributed by atoms with Crippen LogP contribution >= 0.6 is 15.9 Å². The number of nitrogens with zero attached hydrogens (tertiary/aromatic N) is 1. The fourth-order valence-corrected chi connectivity index (χ4v) is 2.09. The maximum atomic E-state index is 12.3. The molecule has 1 aromatic carbocycles. The van der Waals surface area contributed by atoms with Gasteiger partial charge in [-0.1, -0.05) is 15.9 Å². The van der Waals surface area contributed by atoms with Gasteiger partial charge in [0.1, 0.15) is 11.3 Å². The first-order valence-electron chi connectivity index (χ1n) is 5.38. The van der Waals surface area contributed by atoms with E-state index in [1.807, 2.05) is 0 Å². The van der Waals surface area contributed by atoms with Gasteiger partial charge in [-0.15, -0.1) is 13.2 Å². The first kappa shape index (κ1) is 16.3. The van der Waals surface area contributed by atoms with E-state index in [4.69, 9.17) is 10.00 Å². The van der Waals surface area contributed by atoms with Crippen molar-refractivity contribution >= 4 is 21.9 Å². The highest BCUT2D eigenvalue weighted by atomic mass is 79.9. The summed E-state index contributed by atoms with van der Waals surface area (Å²) < 4.78 is 45.5. The van der Waals surface area contributed by atoms with Gasteiger partial charge in [-0.3, -0.25) is 0 Å². The van der Waals surface area contributed by atoms with Crippen molar-refractivity contribution in [3.63, 3.8) is 0 Å². The van der Waals surface area contributed by atoms with Crippen LogP contribution in [0.5, 0.6) is 5.75 Å². The van der Waals surface area contributed by atoms with Crippen molar-refractivity contribution in [2.75, 3.05) is 6.61 Å². The van der Waals surface area contributed by atoms with Gasteiger partial charge in [0.2, 0.25) is 0 Å². The van der Waals surface area contributed by atoms with Crippen LogP contribution in [0.2, 0.25) is 0 Å². The molecule has 0 aromatic heterocycles. The summed E-state index contributed by atoms with van der Waals surface area (Å²) >= 11 is 3.04. The summed E-state index contributed by atoms with van der Waals surface area (Å²) in [4.78, 5) is 11.8. The van der Waals surface area contributed by atoms with Crippen LogP contribution < -0.4 is 4.74 Å². The molecule has 0 radical (unpaired) electrons. The second kappa shape index (κ2) is 6.61. The van der Waals surface area contributed by atoms with Crippen molar-refractivity contribution < 1.29 is 27.4 Å². The molecule has 0 unspecified atom stereocenters. The molecule has 4 nitrogen and oxygen atoms in total. The zero-order valence-corrected chi connectivity index (χ0v) is 11.8. The summed E-state index contributed by atoms with van der Waals surface area (Å²) in [6.45, 7) is 1.51. The summed E-state index contributed by atoms with van der Waals surface area (Å²) in [5.74, 6) is -1.66. The van der Waals surface area contributed by atoms with Crippen molar-refractivity contribution in [1.29, 1.82) is 5.26 Å². The molecule has 20 heavy (non-hydrogen) atoms. The van der Waals surface area contributed by atoms with E-state index in [0.717, 1.165) is 12.1 Å². The van der Waals surface area contributed by atoms with Crippen LogP contribution in [0.1, 0.15) is 28.4 Å². The van der Waals surface area contributed by atoms with E-state index in [9.17, 15) is 18.0 Å². The lowest BCUT2D eigenvalue weighted by atomic mass is 10.0. The first-order valence-corrected chi connectivity index (χ1v) is 6.51. The van der Waals surface area contributed by atoms with Gasteiger partial charge < -0.3 is 9.47 Å². The summed E-state index contributed by atoms with van der Waals surface area (Å²) in [6.07, 6.45) is -4.95. The molecule has 0 aliphatic heterocycles. The van der Waals surface area contributed by atoms with Gasteiger partial charge >= 0.3 is 12.3 Å². The molecule has 108 valence electrons. The second-order valence-electron chi connectivity index (χ2n) is 3.48. The minimum absolute atomic E-state index is 0.0111. The predicted octanol–water partition coefficient (Wildman–Crippen LogP) is 3.53. The van der Waals surface area contributed by atoms with Crippen molar-refractivity contribution in [3.8, 4) is 11.8 Å². The van der Waals surface area contributed by atoms with Gasteiger partial charge in [0.25, 0.3) is 0 Å². The number of alkyl halides is 4. The number of nitriles is 1. The van der Waals surface area contributed by atoms with Gasteiger partial charge in [-0.2, -0.15) is 5.26 Å². The molecule has 8 heteroatoms. The smallest absolute Gasteiger partial charge is 0.462 e. The molecular weight excluding hydrogens is 343 g/mol. The summed E-state index contributed by atoms with van der Waals surface area (Å²) in [5, 5.41) is 8.94. The molecule has 1 rings (SSSR count). The van der Waals surface area contributed by atoms with E-state index < -0.39 is 23.6 Å². The minimum Gasteiger partial charge on any atom is -0.462 e. The zero-order chi connectivity index (χ0) is 15.3. The lowest BCUT2D eigenvalue weighted by molar-refractivity contribution is -0.274. The Morgan fingerprint density at radius 2 is 2.10 bits per heavy atom. The van der Waals surface area contributed by atoms with Crippen LogP contribution in [0.4, 0.5) is 13.2 Å². The van der Waals surface area contributed by atoms with Crippen LogP contribution in [-0.4, -0.2) is 18.9 Å². The SMILES string of the molecule is CCOC(=O)c1c(OC(F)(F)F)ccc(C#N)c1CBr. The van der Waals surface area contributed by atoms with Gasteiger partial charge in [0.05, 0.1) is 18.2 Å². The molecule has 0 bridgehead atoms. The molecule has 0 fully saturated rings. The third-order valence-electron chi connectivity index (χ3n) is 2.23. The lowest BCUT2D eigenvalue weighted by Crippen LogP contribution is -2.20. The first-order chi connectivity index (χ1) is 9.34. The molecule has 1 aromatic rings. The Labute approximate surface area is 121 Å². The third kappa shape index (κ3) is 3.87. The highest BCUT2D eigenvalue weighted by molar-refractivity contribution is 9.08. The quantitative estimate of drug-likeness (QED) is 0.615. The van der Waals surface area contributed by atoms with Gasteiger partial charge in [0, 0.05) is 5.33 Å². The molecule has 0 saturated heterocycles. The van der Waals surface area contributed by atoms with E-state index in [2.05, 4.69) is 20.7 Å². The number of hydrogen-bond acceptors (Lipinski definition) is 4. The molecular formula is C12H9BrF3NO3. The van der Waals surface area contributed by atoms with Gasteiger partial charge in [-0.05, 0) is 24.6 Å². The predicted molar refractivity (Wildman–Crippen MR) is 66.4 cm³/mol. The minimum atomic E-state index is -4.95. The number of carbonyl (C=O) groups excluding carboxylic acids is 1. The van der Waals surface area contributed by atoms with E-state index in [1.165, 1.54) is 6.92 Å². The van der Waals surface area contributed by atoms with Crippen molar-refractivity contribution in [2.24, 2.45) is 0 Å². The maximum Gasteiger partial charge on any atom is 0.573 e. The number of ether oxygens (including phenoxy) is 2. The van der Waals surface area contributed by atoms with Crippen molar-refractivity contribution in [3.05, 3.63) is 28.8 Å². The number of benzene rings is 1. The number of esters is 1. The Bertz CT molecular complexity index is 552. The average molecular weight is 352 g/mol. The highest BCUT2D eigenvalue weighted by Gasteiger charge is 2.34. The normalized spacial score (nSPS) is 10.8. The Hall–Kier alpha value is -1.75. The van der Waals surface area contributed by atoms with Crippen molar-refractivity contribution in [2.45, 2.75) is 18.6 Å². The molecule has 0 amide bonds.